The number of unbranched alkanes of at least 4 members (excludes halogenated alkanes) is 1. The van der Waals surface area contributed by atoms with Gasteiger partial charge in [-0.2, -0.15) is 0 Å². The fourth-order valence-corrected chi connectivity index (χ4v) is 2.88. The van der Waals surface area contributed by atoms with Crippen molar-refractivity contribution in [2.45, 2.75) is 39.0 Å². The van der Waals surface area contributed by atoms with Gasteiger partial charge in [0.15, 0.2) is 0 Å². The van der Waals surface area contributed by atoms with E-state index in [-0.39, 0.29) is 5.91 Å². The van der Waals surface area contributed by atoms with E-state index in [0.717, 1.165) is 37.6 Å². The standard InChI is InChI=1S/C20H26N4O2/c1-2-3-13-26-18-9-7-16(8-10-18)19(25)23-17-14-21-20(22-15-17)24-11-5-4-6-12-24/h7-10,14-15H,2-6,11-13H2,1H3,(H,23,25). The average Bonchev–Trinajstić information content (AvgIpc) is 2.70. The smallest absolute Gasteiger partial charge is 0.255 e. The number of hydrogen-bond acceptors (Lipinski definition) is 5. The molecule has 1 saturated heterocycles. The van der Waals surface area contributed by atoms with Crippen LogP contribution in [0.25, 0.3) is 0 Å². The van der Waals surface area contributed by atoms with Crippen molar-refractivity contribution < 1.29 is 9.53 Å². The van der Waals surface area contributed by atoms with Crippen LogP contribution in [0.1, 0.15) is 49.4 Å². The number of nitrogens with one attached hydrogen (secondary N) is 1. The van der Waals surface area contributed by atoms with Crippen LogP contribution >= 0.6 is 0 Å². The Labute approximate surface area is 154 Å². The first-order valence-electron chi connectivity index (χ1n) is 9.37. The molecule has 0 radical (unpaired) electrons. The Morgan fingerprint density at radius 1 is 1.12 bits per heavy atom. The van der Waals surface area contributed by atoms with E-state index in [2.05, 4.69) is 27.1 Å². The highest BCUT2D eigenvalue weighted by Crippen LogP contribution is 2.17. The van der Waals surface area contributed by atoms with Crippen LogP contribution in [-0.4, -0.2) is 35.6 Å². The number of ether oxygens (including phenoxy) is 1. The van der Waals surface area contributed by atoms with Crippen LogP contribution in [0, 0.1) is 0 Å². The van der Waals surface area contributed by atoms with E-state index in [1.807, 2.05) is 12.1 Å². The molecule has 0 atom stereocenters. The zero-order valence-electron chi connectivity index (χ0n) is 15.3. The van der Waals surface area contributed by atoms with Crippen LogP contribution in [0.3, 0.4) is 0 Å². The van der Waals surface area contributed by atoms with Gasteiger partial charge in [-0.15, -0.1) is 0 Å². The molecule has 3 rings (SSSR count). The summed E-state index contributed by atoms with van der Waals surface area (Å²) in [7, 11) is 0. The van der Waals surface area contributed by atoms with Crippen LogP contribution in [-0.2, 0) is 0 Å². The predicted octanol–water partition coefficient (Wildman–Crippen LogP) is 3.90. The maximum absolute atomic E-state index is 12.4. The number of anilines is 2. The molecular weight excluding hydrogens is 328 g/mol. The van der Waals surface area contributed by atoms with Crippen LogP contribution in [0.2, 0.25) is 0 Å². The summed E-state index contributed by atoms with van der Waals surface area (Å²) in [6, 6.07) is 7.17. The predicted molar refractivity (Wildman–Crippen MR) is 103 cm³/mol. The lowest BCUT2D eigenvalue weighted by Crippen LogP contribution is -2.30. The lowest BCUT2D eigenvalue weighted by atomic mass is 10.1. The van der Waals surface area contributed by atoms with Gasteiger partial charge in [-0.3, -0.25) is 4.79 Å². The Bertz CT molecular complexity index is 695. The second-order valence-corrected chi connectivity index (χ2v) is 6.50. The van der Waals surface area contributed by atoms with E-state index < -0.39 is 0 Å². The summed E-state index contributed by atoms with van der Waals surface area (Å²) in [5, 5.41) is 2.84. The van der Waals surface area contributed by atoms with Crippen LogP contribution in [0.15, 0.2) is 36.7 Å². The van der Waals surface area contributed by atoms with Crippen molar-refractivity contribution in [1.29, 1.82) is 0 Å². The van der Waals surface area contributed by atoms with Gasteiger partial charge < -0.3 is 15.0 Å². The van der Waals surface area contributed by atoms with Gasteiger partial charge in [-0.1, -0.05) is 13.3 Å². The van der Waals surface area contributed by atoms with Gasteiger partial charge in [-0.05, 0) is 49.9 Å². The van der Waals surface area contributed by atoms with Crippen LogP contribution < -0.4 is 15.0 Å². The molecule has 1 amide bonds. The Morgan fingerprint density at radius 2 is 1.81 bits per heavy atom. The number of piperidine rings is 1. The zero-order valence-corrected chi connectivity index (χ0v) is 15.3. The topological polar surface area (TPSA) is 67.3 Å². The minimum Gasteiger partial charge on any atom is -0.494 e. The normalized spacial score (nSPS) is 14.1. The molecule has 6 nitrogen and oxygen atoms in total. The third-order valence-electron chi connectivity index (χ3n) is 4.42. The number of aromatic nitrogens is 2. The first-order chi connectivity index (χ1) is 12.8. The molecule has 6 heteroatoms. The summed E-state index contributed by atoms with van der Waals surface area (Å²) in [4.78, 5) is 23.3. The molecule has 1 aliphatic heterocycles. The van der Waals surface area contributed by atoms with E-state index in [0.29, 0.717) is 17.9 Å². The second kappa shape index (κ2) is 9.17. The number of carbonyl (C=O) groups is 1. The largest absolute Gasteiger partial charge is 0.494 e. The van der Waals surface area contributed by atoms with Crippen LogP contribution in [0.4, 0.5) is 11.6 Å². The monoisotopic (exact) mass is 354 g/mol. The van der Waals surface area contributed by atoms with Gasteiger partial charge in [-0.25, -0.2) is 9.97 Å². The molecule has 26 heavy (non-hydrogen) atoms. The van der Waals surface area contributed by atoms with Gasteiger partial charge >= 0.3 is 0 Å². The third-order valence-corrected chi connectivity index (χ3v) is 4.42. The first-order valence-corrected chi connectivity index (χ1v) is 9.37. The summed E-state index contributed by atoms with van der Waals surface area (Å²) >= 11 is 0. The second-order valence-electron chi connectivity index (χ2n) is 6.50. The van der Waals surface area contributed by atoms with Crippen molar-refractivity contribution in [3.63, 3.8) is 0 Å². The molecule has 2 heterocycles. The Morgan fingerprint density at radius 3 is 2.46 bits per heavy atom. The number of carbonyl (C=O) groups excluding carboxylic acids is 1. The SMILES string of the molecule is CCCCOc1ccc(C(=O)Nc2cnc(N3CCCCC3)nc2)cc1. The number of rotatable bonds is 7. The molecule has 2 aromatic rings. The van der Waals surface area contributed by atoms with Gasteiger partial charge in [0, 0.05) is 18.7 Å². The van der Waals surface area contributed by atoms with E-state index in [1.54, 1.807) is 24.5 Å². The molecule has 1 aromatic carbocycles. The fourth-order valence-electron chi connectivity index (χ4n) is 2.88. The summed E-state index contributed by atoms with van der Waals surface area (Å²) < 4.78 is 5.61. The Hall–Kier alpha value is -2.63. The quantitative estimate of drug-likeness (QED) is 0.764. The molecule has 1 aliphatic rings. The molecule has 1 N–H and O–H groups in total. The molecular formula is C20H26N4O2. The van der Waals surface area contributed by atoms with Crippen molar-refractivity contribution in [3.05, 3.63) is 42.2 Å². The molecule has 0 unspecified atom stereocenters. The molecule has 1 fully saturated rings. The zero-order chi connectivity index (χ0) is 18.2. The van der Waals surface area contributed by atoms with E-state index >= 15 is 0 Å². The first kappa shape index (κ1) is 18.2. The summed E-state index contributed by atoms with van der Waals surface area (Å²) in [5.74, 6) is 1.33. The maximum Gasteiger partial charge on any atom is 0.255 e. The highest BCUT2D eigenvalue weighted by molar-refractivity contribution is 6.04. The minimum atomic E-state index is -0.181. The molecule has 0 aliphatic carbocycles. The Kier molecular flexibility index (Phi) is 6.41. The van der Waals surface area contributed by atoms with Crippen molar-refractivity contribution in [3.8, 4) is 5.75 Å². The molecule has 138 valence electrons. The number of hydrogen-bond donors (Lipinski definition) is 1. The van der Waals surface area contributed by atoms with E-state index in [9.17, 15) is 4.79 Å². The summed E-state index contributed by atoms with van der Waals surface area (Å²) in [6.45, 7) is 4.82. The van der Waals surface area contributed by atoms with Crippen molar-refractivity contribution >= 4 is 17.5 Å². The van der Waals surface area contributed by atoms with Crippen molar-refractivity contribution in [2.24, 2.45) is 0 Å². The Balaban J connectivity index is 1.55. The van der Waals surface area contributed by atoms with Gasteiger partial charge in [0.05, 0.1) is 24.7 Å². The van der Waals surface area contributed by atoms with Crippen LogP contribution in [0.5, 0.6) is 5.75 Å². The number of amides is 1. The average molecular weight is 354 g/mol. The fraction of sp³-hybridized carbons (Fsp3) is 0.450. The van der Waals surface area contributed by atoms with E-state index in [1.165, 1.54) is 19.3 Å². The molecule has 0 saturated carbocycles. The molecule has 0 spiro atoms. The lowest BCUT2D eigenvalue weighted by Gasteiger charge is -2.26. The van der Waals surface area contributed by atoms with Crippen molar-refractivity contribution in [2.75, 3.05) is 29.9 Å². The molecule has 1 aromatic heterocycles. The highest BCUT2D eigenvalue weighted by atomic mass is 16.5. The number of benzene rings is 1. The highest BCUT2D eigenvalue weighted by Gasteiger charge is 2.13. The third kappa shape index (κ3) is 4.94. The maximum atomic E-state index is 12.4. The number of nitrogens with zero attached hydrogens (tertiary/aromatic N) is 3. The minimum absolute atomic E-state index is 0.181. The van der Waals surface area contributed by atoms with E-state index in [4.69, 9.17) is 4.74 Å². The summed E-state index contributed by atoms with van der Waals surface area (Å²) in [5.41, 5.74) is 1.17. The van der Waals surface area contributed by atoms with Gasteiger partial charge in [0.1, 0.15) is 5.75 Å². The van der Waals surface area contributed by atoms with Gasteiger partial charge in [0.25, 0.3) is 5.91 Å². The lowest BCUT2D eigenvalue weighted by molar-refractivity contribution is 0.102. The van der Waals surface area contributed by atoms with Gasteiger partial charge in [0.2, 0.25) is 5.95 Å². The molecule has 0 bridgehead atoms. The summed E-state index contributed by atoms with van der Waals surface area (Å²) in [6.07, 6.45) is 9.08. The van der Waals surface area contributed by atoms with Crippen molar-refractivity contribution in [1.82, 2.24) is 9.97 Å².